The highest BCUT2D eigenvalue weighted by atomic mass is 32.2. The topological polar surface area (TPSA) is 88.3 Å². The number of aromatic nitrogens is 2. The molecule has 0 aliphatic carbocycles. The van der Waals surface area contributed by atoms with Gasteiger partial charge < -0.3 is 9.84 Å². The summed E-state index contributed by atoms with van der Waals surface area (Å²) in [5.74, 6) is 0. The van der Waals surface area contributed by atoms with Crippen LogP contribution in [0.15, 0.2) is 21.7 Å². The molecule has 7 nitrogen and oxygen atoms in total. The number of hydrogen-bond donors (Lipinski definition) is 1. The molecule has 2 aromatic heterocycles. The lowest BCUT2D eigenvalue weighted by molar-refractivity contribution is 0.379. The Morgan fingerprint density at radius 3 is 3.05 bits per heavy atom. The van der Waals surface area contributed by atoms with E-state index in [2.05, 4.69) is 15.5 Å². The first kappa shape index (κ1) is 15.4. The first-order valence-corrected chi connectivity index (χ1v) is 8.92. The number of fused-ring (bicyclic) bond motifs is 1. The summed E-state index contributed by atoms with van der Waals surface area (Å²) in [5.41, 5.74) is 1.11. The molecule has 1 atom stereocenters. The third-order valence-corrected chi connectivity index (χ3v) is 6.00. The molecule has 3 heterocycles. The van der Waals surface area contributed by atoms with Gasteiger partial charge in [0.1, 0.15) is 4.90 Å². The van der Waals surface area contributed by atoms with Crippen LogP contribution in [0.3, 0.4) is 0 Å². The molecular weight excluding hydrogens is 304 g/mol. The number of nitrogens with zero attached hydrogens (tertiary/aromatic N) is 3. The number of sulfonamides is 1. The highest BCUT2D eigenvalue weighted by Gasteiger charge is 2.35. The van der Waals surface area contributed by atoms with Gasteiger partial charge in [-0.15, -0.1) is 0 Å². The molecule has 0 amide bonds. The average molecular weight is 324 g/mol. The van der Waals surface area contributed by atoms with Crippen LogP contribution in [0.1, 0.15) is 25.5 Å². The van der Waals surface area contributed by atoms with Crippen molar-refractivity contribution in [2.45, 2.75) is 37.1 Å². The third kappa shape index (κ3) is 2.51. The van der Waals surface area contributed by atoms with Crippen LogP contribution in [-0.4, -0.2) is 49.0 Å². The van der Waals surface area contributed by atoms with Crippen LogP contribution in [0.4, 0.5) is 0 Å². The number of hydrogen-bond acceptors (Lipinski definition) is 6. The lowest BCUT2D eigenvalue weighted by Crippen LogP contribution is -2.40. The lowest BCUT2D eigenvalue weighted by Gasteiger charge is -2.23. The Kier molecular flexibility index (Phi) is 4.16. The van der Waals surface area contributed by atoms with Crippen molar-refractivity contribution in [1.29, 1.82) is 0 Å². The Morgan fingerprint density at radius 1 is 1.50 bits per heavy atom. The molecule has 1 N–H and O–H groups in total. The van der Waals surface area contributed by atoms with Crippen molar-refractivity contribution in [1.82, 2.24) is 19.8 Å². The molecule has 1 aliphatic rings. The standard InChI is InChI=1S/C14H20N4O3S/c1-3-13-12-7-11(9-16-14(12)21-17-13)22(19,20)18-6-4-5-10(18)8-15-2/h7,9-10,15H,3-6,8H2,1-2H3. The number of likely N-dealkylation sites (N-methyl/N-ethyl adjacent to an activating group) is 1. The summed E-state index contributed by atoms with van der Waals surface area (Å²) < 4.78 is 32.5. The fraction of sp³-hybridized carbons (Fsp3) is 0.571. The Morgan fingerprint density at radius 2 is 2.32 bits per heavy atom. The second kappa shape index (κ2) is 5.94. The van der Waals surface area contributed by atoms with E-state index in [4.69, 9.17) is 4.52 Å². The zero-order chi connectivity index (χ0) is 15.7. The van der Waals surface area contributed by atoms with Gasteiger partial charge in [-0.25, -0.2) is 13.4 Å². The highest BCUT2D eigenvalue weighted by Crippen LogP contribution is 2.28. The Labute approximate surface area is 129 Å². The van der Waals surface area contributed by atoms with E-state index in [0.29, 0.717) is 30.6 Å². The zero-order valence-electron chi connectivity index (χ0n) is 12.7. The normalized spacial score (nSPS) is 20.0. The van der Waals surface area contributed by atoms with Crippen molar-refractivity contribution in [3.8, 4) is 0 Å². The van der Waals surface area contributed by atoms with Crippen LogP contribution in [0, 0.1) is 0 Å². The van der Waals surface area contributed by atoms with E-state index in [1.165, 1.54) is 6.20 Å². The SMILES string of the molecule is CCc1noc2ncc(S(=O)(=O)N3CCCC3CNC)cc12. The summed E-state index contributed by atoms with van der Waals surface area (Å²) in [5, 5.41) is 7.66. The maximum Gasteiger partial charge on any atom is 0.258 e. The highest BCUT2D eigenvalue weighted by molar-refractivity contribution is 7.89. The molecule has 22 heavy (non-hydrogen) atoms. The molecule has 3 rings (SSSR count). The Hall–Kier alpha value is -1.51. The first-order chi connectivity index (χ1) is 10.6. The summed E-state index contributed by atoms with van der Waals surface area (Å²) in [7, 11) is -1.71. The van der Waals surface area contributed by atoms with E-state index in [1.807, 2.05) is 14.0 Å². The smallest absolute Gasteiger partial charge is 0.258 e. The fourth-order valence-electron chi connectivity index (χ4n) is 2.96. The van der Waals surface area contributed by atoms with Crippen molar-refractivity contribution in [2.24, 2.45) is 0 Å². The Balaban J connectivity index is 2.01. The molecule has 1 saturated heterocycles. The van der Waals surface area contributed by atoms with Crippen LogP contribution in [0.5, 0.6) is 0 Å². The zero-order valence-corrected chi connectivity index (χ0v) is 13.6. The van der Waals surface area contributed by atoms with Crippen molar-refractivity contribution < 1.29 is 12.9 Å². The van der Waals surface area contributed by atoms with E-state index in [9.17, 15) is 8.42 Å². The van der Waals surface area contributed by atoms with E-state index in [-0.39, 0.29) is 10.9 Å². The largest absolute Gasteiger partial charge is 0.336 e. The van der Waals surface area contributed by atoms with Gasteiger partial charge in [-0.1, -0.05) is 12.1 Å². The molecular formula is C14H20N4O3S. The maximum atomic E-state index is 12.9. The van der Waals surface area contributed by atoms with Crippen LogP contribution in [0.25, 0.3) is 11.1 Å². The maximum absolute atomic E-state index is 12.9. The molecule has 0 saturated carbocycles. The van der Waals surface area contributed by atoms with E-state index >= 15 is 0 Å². The van der Waals surface area contributed by atoms with Gasteiger partial charge in [0.25, 0.3) is 5.71 Å². The van der Waals surface area contributed by atoms with Crippen molar-refractivity contribution in [3.63, 3.8) is 0 Å². The molecule has 0 bridgehead atoms. The molecule has 1 fully saturated rings. The fourth-order valence-corrected chi connectivity index (χ4v) is 4.62. The van der Waals surface area contributed by atoms with Crippen LogP contribution >= 0.6 is 0 Å². The summed E-state index contributed by atoms with van der Waals surface area (Å²) in [6.07, 6.45) is 3.79. The Bertz CT molecular complexity index is 771. The number of nitrogens with one attached hydrogen (secondary N) is 1. The van der Waals surface area contributed by atoms with Crippen LogP contribution in [0.2, 0.25) is 0 Å². The summed E-state index contributed by atoms with van der Waals surface area (Å²) in [6, 6.07) is 1.63. The monoisotopic (exact) mass is 324 g/mol. The van der Waals surface area contributed by atoms with Crippen LogP contribution < -0.4 is 5.32 Å². The minimum Gasteiger partial charge on any atom is -0.336 e. The van der Waals surface area contributed by atoms with Gasteiger partial charge in [-0.2, -0.15) is 4.31 Å². The predicted molar refractivity (Wildman–Crippen MR) is 82.0 cm³/mol. The number of aryl methyl sites for hydroxylation is 1. The summed E-state index contributed by atoms with van der Waals surface area (Å²) >= 11 is 0. The summed E-state index contributed by atoms with van der Waals surface area (Å²) in [4.78, 5) is 4.32. The molecule has 0 aromatic carbocycles. The first-order valence-electron chi connectivity index (χ1n) is 7.48. The van der Waals surface area contributed by atoms with E-state index < -0.39 is 10.0 Å². The third-order valence-electron chi connectivity index (χ3n) is 4.08. The molecule has 1 aliphatic heterocycles. The van der Waals surface area contributed by atoms with E-state index in [0.717, 1.165) is 18.5 Å². The predicted octanol–water partition coefficient (Wildman–Crippen LogP) is 1.16. The van der Waals surface area contributed by atoms with Gasteiger partial charge in [-0.3, -0.25) is 0 Å². The van der Waals surface area contributed by atoms with Gasteiger partial charge in [0.15, 0.2) is 0 Å². The minimum absolute atomic E-state index is 0.00110. The lowest BCUT2D eigenvalue weighted by atomic mass is 10.2. The van der Waals surface area contributed by atoms with Crippen molar-refractivity contribution in [2.75, 3.05) is 20.1 Å². The second-order valence-corrected chi connectivity index (χ2v) is 7.37. The second-order valence-electron chi connectivity index (χ2n) is 5.48. The minimum atomic E-state index is -3.54. The molecule has 0 radical (unpaired) electrons. The van der Waals surface area contributed by atoms with Gasteiger partial charge >= 0.3 is 0 Å². The van der Waals surface area contributed by atoms with E-state index in [1.54, 1.807) is 10.4 Å². The molecule has 120 valence electrons. The van der Waals surface area contributed by atoms with Crippen LogP contribution in [-0.2, 0) is 16.4 Å². The van der Waals surface area contributed by atoms with Gasteiger partial charge in [0.05, 0.1) is 17.3 Å². The quantitative estimate of drug-likeness (QED) is 0.888. The molecule has 1 unspecified atom stereocenters. The molecule has 2 aromatic rings. The van der Waals surface area contributed by atoms with Gasteiger partial charge in [0.2, 0.25) is 10.0 Å². The van der Waals surface area contributed by atoms with Crippen molar-refractivity contribution in [3.05, 3.63) is 18.0 Å². The van der Waals surface area contributed by atoms with Gasteiger partial charge in [0, 0.05) is 19.1 Å². The molecule has 8 heteroatoms. The average Bonchev–Trinajstić information content (AvgIpc) is 3.13. The van der Waals surface area contributed by atoms with Crippen molar-refractivity contribution >= 4 is 21.1 Å². The summed E-state index contributed by atoms with van der Waals surface area (Å²) in [6.45, 7) is 3.15. The number of rotatable bonds is 5. The number of pyridine rings is 1. The molecule has 0 spiro atoms. The van der Waals surface area contributed by atoms with Gasteiger partial charge in [-0.05, 0) is 32.4 Å².